The molecular formula is C36H43Cl2N2O3+. The summed E-state index contributed by atoms with van der Waals surface area (Å²) in [6, 6.07) is 24.8. The molecule has 4 fully saturated rings. The molecule has 1 amide bonds. The highest BCUT2D eigenvalue weighted by molar-refractivity contribution is 6.42. The van der Waals surface area contributed by atoms with E-state index in [1.165, 1.54) is 44.5 Å². The van der Waals surface area contributed by atoms with Crippen molar-refractivity contribution in [2.75, 3.05) is 45.9 Å². The van der Waals surface area contributed by atoms with Gasteiger partial charge in [0, 0.05) is 37.6 Å². The molecule has 0 saturated carbocycles. The van der Waals surface area contributed by atoms with Gasteiger partial charge >= 0.3 is 0 Å². The quantitative estimate of drug-likeness (QED) is 0.233. The van der Waals surface area contributed by atoms with Crippen molar-refractivity contribution in [3.63, 3.8) is 0 Å². The summed E-state index contributed by atoms with van der Waals surface area (Å²) >= 11 is 12.9. The second kappa shape index (κ2) is 12.4. The van der Waals surface area contributed by atoms with E-state index in [9.17, 15) is 4.79 Å². The molecule has 1 unspecified atom stereocenters. The normalized spacial score (nSPS) is 27.0. The largest absolute Gasteiger partial charge is 0.491 e. The number of halogens is 2. The van der Waals surface area contributed by atoms with Gasteiger partial charge in [-0.25, -0.2) is 0 Å². The minimum absolute atomic E-state index is 0.0815. The molecule has 7 rings (SSSR count). The number of rotatable bonds is 9. The second-order valence-corrected chi connectivity index (χ2v) is 14.0. The van der Waals surface area contributed by atoms with Gasteiger partial charge in [0.2, 0.25) is 5.91 Å². The number of carbonyl (C=O) groups excluding carboxylic acids is 1. The van der Waals surface area contributed by atoms with Crippen molar-refractivity contribution >= 4 is 29.1 Å². The van der Waals surface area contributed by atoms with Crippen LogP contribution in [0.2, 0.25) is 10.0 Å². The summed E-state index contributed by atoms with van der Waals surface area (Å²) < 4.78 is 13.7. The van der Waals surface area contributed by atoms with Crippen molar-refractivity contribution in [2.24, 2.45) is 0 Å². The first-order valence-corrected chi connectivity index (χ1v) is 16.5. The topological polar surface area (TPSA) is 38.8 Å². The van der Waals surface area contributed by atoms with Crippen molar-refractivity contribution in [1.82, 2.24) is 4.90 Å². The zero-order chi connectivity index (χ0) is 30.1. The van der Waals surface area contributed by atoms with Crippen LogP contribution in [-0.4, -0.2) is 67.3 Å². The summed E-state index contributed by atoms with van der Waals surface area (Å²) in [4.78, 5) is 15.7. The van der Waals surface area contributed by atoms with Crippen molar-refractivity contribution in [2.45, 2.75) is 63.1 Å². The lowest BCUT2D eigenvalue weighted by atomic mass is 9.66. The number of carbonyl (C=O) groups is 1. The van der Waals surface area contributed by atoms with Crippen molar-refractivity contribution in [1.29, 1.82) is 0 Å². The lowest BCUT2D eigenvalue weighted by Crippen LogP contribution is -2.64. The van der Waals surface area contributed by atoms with E-state index in [4.69, 9.17) is 32.7 Å². The minimum atomic E-state index is -0.636. The molecule has 0 radical (unpaired) electrons. The molecule has 228 valence electrons. The Morgan fingerprint density at radius 3 is 2.37 bits per heavy atom. The number of fused-ring (bicyclic) bond motifs is 3. The standard InChI is InChI=1S/C36H43Cl2N2O3/c1-27(2)43-31-10-6-7-28(23-31)24-34(41)39-17-22-42-36(26-39,30-11-12-32(37)33(38)25-30)16-21-40-18-13-35(14-19-40,15-20-40)29-8-4-3-5-9-29/h3-12,23,25,27H,13-22,24,26H2,1-2H3/q+1. The van der Waals surface area contributed by atoms with E-state index in [-0.39, 0.29) is 12.0 Å². The van der Waals surface area contributed by atoms with Gasteiger partial charge in [-0.3, -0.25) is 4.79 Å². The van der Waals surface area contributed by atoms with Gasteiger partial charge < -0.3 is 18.9 Å². The minimum Gasteiger partial charge on any atom is -0.491 e. The maximum Gasteiger partial charge on any atom is 0.227 e. The molecule has 4 saturated heterocycles. The smallest absolute Gasteiger partial charge is 0.227 e. The third kappa shape index (κ3) is 6.47. The molecule has 2 bridgehead atoms. The Morgan fingerprint density at radius 2 is 1.67 bits per heavy atom. The average Bonchev–Trinajstić information content (AvgIpc) is 3.03. The van der Waals surface area contributed by atoms with Crippen molar-refractivity contribution < 1.29 is 18.8 Å². The molecule has 0 aliphatic carbocycles. The Kier molecular flexibility index (Phi) is 8.81. The number of nitrogens with zero attached hydrogens (tertiary/aromatic N) is 2. The van der Waals surface area contributed by atoms with Gasteiger partial charge in [-0.1, -0.05) is 71.7 Å². The third-order valence-electron chi connectivity index (χ3n) is 10.2. The molecule has 1 atom stereocenters. The second-order valence-electron chi connectivity index (χ2n) is 13.2. The van der Waals surface area contributed by atoms with Crippen LogP contribution in [-0.2, 0) is 27.0 Å². The highest BCUT2D eigenvalue weighted by Gasteiger charge is 2.51. The van der Waals surface area contributed by atoms with Crippen LogP contribution in [0.3, 0.4) is 0 Å². The Balaban J connectivity index is 1.20. The molecule has 43 heavy (non-hydrogen) atoms. The van der Waals surface area contributed by atoms with Crippen LogP contribution in [0.4, 0.5) is 0 Å². The number of hydrogen-bond acceptors (Lipinski definition) is 3. The third-order valence-corrected chi connectivity index (χ3v) is 10.9. The van der Waals surface area contributed by atoms with E-state index in [1.54, 1.807) is 0 Å². The lowest BCUT2D eigenvalue weighted by Gasteiger charge is -2.56. The molecule has 3 aromatic rings. The zero-order valence-electron chi connectivity index (χ0n) is 25.4. The first-order chi connectivity index (χ1) is 20.7. The number of morpholine rings is 1. The Bertz CT molecular complexity index is 1420. The van der Waals surface area contributed by atoms with Gasteiger partial charge in [-0.05, 0) is 54.8 Å². The maximum atomic E-state index is 13.7. The van der Waals surface area contributed by atoms with Crippen LogP contribution in [0.15, 0.2) is 72.8 Å². The Hall–Kier alpha value is -2.57. The van der Waals surface area contributed by atoms with Crippen molar-refractivity contribution in [3.05, 3.63) is 99.5 Å². The van der Waals surface area contributed by atoms with Crippen LogP contribution in [0.25, 0.3) is 0 Å². The molecular weight excluding hydrogens is 579 g/mol. The number of piperidine rings is 3. The average molecular weight is 623 g/mol. The number of quaternary nitrogens is 1. The van der Waals surface area contributed by atoms with E-state index < -0.39 is 5.60 Å². The summed E-state index contributed by atoms with van der Waals surface area (Å²) in [5.41, 5.74) is 3.15. The van der Waals surface area contributed by atoms with Gasteiger partial charge in [0.15, 0.2) is 0 Å². The summed E-state index contributed by atoms with van der Waals surface area (Å²) in [6.45, 7) is 10.1. The van der Waals surface area contributed by atoms with E-state index in [1.807, 2.05) is 61.2 Å². The lowest BCUT2D eigenvalue weighted by molar-refractivity contribution is -0.944. The predicted octanol–water partition coefficient (Wildman–Crippen LogP) is 7.42. The fraction of sp³-hybridized carbons (Fsp3) is 0.472. The number of ether oxygens (including phenoxy) is 2. The molecule has 3 aromatic carbocycles. The molecule has 0 N–H and O–H groups in total. The SMILES string of the molecule is CC(C)Oc1cccc(CC(=O)N2CCOC(CC[N+]34CCC(c5ccccc5)(CC3)CC4)(c3ccc(Cl)c(Cl)c3)C2)c1. The highest BCUT2D eigenvalue weighted by Crippen LogP contribution is 2.47. The Labute approximate surface area is 266 Å². The van der Waals surface area contributed by atoms with Crippen LogP contribution >= 0.6 is 23.2 Å². The van der Waals surface area contributed by atoms with Gasteiger partial charge in [0.25, 0.3) is 0 Å². The molecule has 0 aromatic heterocycles. The molecule has 5 nitrogen and oxygen atoms in total. The number of amides is 1. The number of hydrogen-bond donors (Lipinski definition) is 0. The van der Waals surface area contributed by atoms with Crippen LogP contribution in [0.5, 0.6) is 5.75 Å². The van der Waals surface area contributed by atoms with E-state index in [0.717, 1.165) is 34.3 Å². The molecule has 0 spiro atoms. The summed E-state index contributed by atoms with van der Waals surface area (Å²) in [5.74, 6) is 0.894. The van der Waals surface area contributed by atoms with E-state index in [0.29, 0.717) is 41.6 Å². The van der Waals surface area contributed by atoms with Crippen LogP contribution in [0.1, 0.15) is 56.2 Å². The summed E-state index contributed by atoms with van der Waals surface area (Å²) in [5, 5.41) is 1.04. The first kappa shape index (κ1) is 30.5. The highest BCUT2D eigenvalue weighted by atomic mass is 35.5. The number of benzene rings is 3. The van der Waals surface area contributed by atoms with E-state index >= 15 is 0 Å². The maximum absolute atomic E-state index is 13.7. The van der Waals surface area contributed by atoms with Gasteiger partial charge in [-0.15, -0.1) is 0 Å². The fourth-order valence-electron chi connectivity index (χ4n) is 7.58. The van der Waals surface area contributed by atoms with Crippen LogP contribution in [0, 0.1) is 0 Å². The first-order valence-electron chi connectivity index (χ1n) is 15.7. The predicted molar refractivity (Wildman–Crippen MR) is 173 cm³/mol. The summed E-state index contributed by atoms with van der Waals surface area (Å²) in [6.07, 6.45) is 4.91. The molecule has 4 aliphatic heterocycles. The molecule has 4 heterocycles. The Morgan fingerprint density at radius 1 is 0.930 bits per heavy atom. The monoisotopic (exact) mass is 621 g/mol. The molecule has 7 heteroatoms. The summed E-state index contributed by atoms with van der Waals surface area (Å²) in [7, 11) is 0. The fourth-order valence-corrected chi connectivity index (χ4v) is 7.87. The van der Waals surface area contributed by atoms with E-state index in [2.05, 4.69) is 30.3 Å². The van der Waals surface area contributed by atoms with Gasteiger partial charge in [0.05, 0.1) is 61.9 Å². The van der Waals surface area contributed by atoms with Crippen molar-refractivity contribution in [3.8, 4) is 5.75 Å². The van der Waals surface area contributed by atoms with Crippen LogP contribution < -0.4 is 4.74 Å². The van der Waals surface area contributed by atoms with Gasteiger partial charge in [0.1, 0.15) is 11.4 Å². The zero-order valence-corrected chi connectivity index (χ0v) is 26.9. The molecule has 4 aliphatic rings. The van der Waals surface area contributed by atoms with Gasteiger partial charge in [-0.2, -0.15) is 0 Å².